The molecule has 0 unspecified atom stereocenters. The fourth-order valence-corrected chi connectivity index (χ4v) is 2.14. The molecule has 2 radical (unpaired) electrons. The summed E-state index contributed by atoms with van der Waals surface area (Å²) >= 11 is 3.16. The Kier molecular flexibility index (Phi) is 7.44. The summed E-state index contributed by atoms with van der Waals surface area (Å²) in [6.45, 7) is 0. The molecule has 0 saturated heterocycles. The Morgan fingerprint density at radius 2 is 2.33 bits per heavy atom. The fraction of sp³-hybridized carbons (Fsp3) is 0.333. The van der Waals surface area contributed by atoms with Crippen molar-refractivity contribution in [2.24, 2.45) is 3.21 Å². The molecular formula is C6H10BN3SSn. The normalized spacial score (nSPS) is 8.25. The van der Waals surface area contributed by atoms with Gasteiger partial charge in [-0.25, -0.2) is 0 Å². The van der Waals surface area contributed by atoms with Crippen molar-refractivity contribution in [2.45, 2.75) is 9.88 Å². The Hall–Kier alpha value is -0.126. The van der Waals surface area contributed by atoms with E-state index in [1.165, 1.54) is 4.59 Å². The molecule has 3 nitrogen and oxygen atoms in total. The maximum absolute atomic E-state index is 4.36. The average Bonchev–Trinajstić information content (AvgIpc) is 2.40. The van der Waals surface area contributed by atoms with E-state index < -0.39 is 20.0 Å². The van der Waals surface area contributed by atoms with Gasteiger partial charge in [-0.2, -0.15) is 5.10 Å². The summed E-state index contributed by atoms with van der Waals surface area (Å²) in [4.78, 5) is 4.31. The first kappa shape index (κ1) is 11.9. The second kappa shape index (κ2) is 7.52. The molecule has 6 heteroatoms. The second-order valence-corrected chi connectivity index (χ2v) is 8.42. The van der Waals surface area contributed by atoms with E-state index in [9.17, 15) is 0 Å². The first-order chi connectivity index (χ1) is 5.66. The Morgan fingerprint density at radius 1 is 1.67 bits per heavy atom. The maximum atomic E-state index is 4.36. The van der Waals surface area contributed by atoms with Gasteiger partial charge >= 0.3 is 50.5 Å². The Morgan fingerprint density at radius 3 is 2.42 bits per heavy atom. The molecule has 1 heterocycles. The van der Waals surface area contributed by atoms with E-state index in [4.69, 9.17) is 0 Å². The van der Waals surface area contributed by atoms with Crippen molar-refractivity contribution >= 4 is 45.4 Å². The number of hydrogen-bond donors (Lipinski definition) is 0. The van der Waals surface area contributed by atoms with Gasteiger partial charge in [0.1, 0.15) is 0 Å². The molecule has 62 valence electrons. The Labute approximate surface area is 86.4 Å². The number of aromatic nitrogens is 2. The van der Waals surface area contributed by atoms with Gasteiger partial charge in [-0.05, 0) is 6.07 Å². The molecule has 1 rings (SSSR count). The summed E-state index contributed by atoms with van der Waals surface area (Å²) in [5.74, 6) is 0. The molecule has 0 atom stereocenters. The van der Waals surface area contributed by atoms with E-state index in [2.05, 4.69) is 43.6 Å². The number of hydrogen-bond acceptors (Lipinski definition) is 3. The first-order valence-electron chi connectivity index (χ1n) is 3.35. The van der Waals surface area contributed by atoms with Crippen molar-refractivity contribution in [1.82, 2.24) is 9.69 Å². The van der Waals surface area contributed by atoms with Crippen LogP contribution in [0.5, 0.6) is 0 Å². The molecule has 0 aromatic carbocycles. The van der Waals surface area contributed by atoms with Crippen LogP contribution in [0.25, 0.3) is 0 Å². The predicted octanol–water partition coefficient (Wildman–Crippen LogP) is 0.887. The van der Waals surface area contributed by atoms with Gasteiger partial charge in [-0.3, -0.25) is 0 Å². The summed E-state index contributed by atoms with van der Waals surface area (Å²) < 4.78 is 5.39. The van der Waals surface area contributed by atoms with Crippen LogP contribution in [-0.4, -0.2) is 42.9 Å². The zero-order chi connectivity index (χ0) is 9.40. The summed E-state index contributed by atoms with van der Waals surface area (Å²) in [5, 5.41) is 6.09. The molecule has 12 heavy (non-hydrogen) atoms. The van der Waals surface area contributed by atoms with Crippen molar-refractivity contribution < 1.29 is 0 Å². The fourth-order valence-electron chi connectivity index (χ4n) is 0.392. The predicted molar refractivity (Wildman–Crippen MR) is 57.3 cm³/mol. The van der Waals surface area contributed by atoms with Crippen molar-refractivity contribution in [1.29, 1.82) is 0 Å². The van der Waals surface area contributed by atoms with Crippen molar-refractivity contribution in [3.05, 3.63) is 18.5 Å². The first-order valence-corrected chi connectivity index (χ1v) is 10.7. The van der Waals surface area contributed by atoms with Gasteiger partial charge < -0.3 is 4.59 Å². The zero-order valence-electron chi connectivity index (χ0n) is 7.19. The summed E-state index contributed by atoms with van der Waals surface area (Å²) in [6.07, 6.45) is 3.47. The molecule has 0 N–H and O–H groups in total. The molecule has 0 aliphatic heterocycles. The van der Waals surface area contributed by atoms with Crippen molar-refractivity contribution in [3.63, 3.8) is 0 Å². The Bertz CT molecular complexity index is 243. The van der Waals surface area contributed by atoms with E-state index in [1.807, 2.05) is 6.07 Å². The van der Waals surface area contributed by atoms with Crippen LogP contribution < -0.4 is 0 Å². The molecule has 0 spiro atoms. The van der Waals surface area contributed by atoms with E-state index in [-0.39, 0.29) is 0 Å². The monoisotopic (exact) mass is 287 g/mol. The van der Waals surface area contributed by atoms with E-state index in [1.54, 1.807) is 12.4 Å². The molecule has 0 aliphatic carbocycles. The van der Waals surface area contributed by atoms with Gasteiger partial charge in [0.05, 0.1) is 0 Å². The molecule has 0 saturated carbocycles. The zero-order valence-corrected chi connectivity index (χ0v) is 10.9. The third kappa shape index (κ3) is 7.97. The van der Waals surface area contributed by atoms with Gasteiger partial charge in [0.25, 0.3) is 7.98 Å². The third-order valence-corrected chi connectivity index (χ3v) is 2.98. The van der Waals surface area contributed by atoms with Crippen LogP contribution in [0.2, 0.25) is 9.88 Å². The van der Waals surface area contributed by atoms with Crippen molar-refractivity contribution in [3.8, 4) is 0 Å². The van der Waals surface area contributed by atoms with Crippen LogP contribution in [0.3, 0.4) is 0 Å². The van der Waals surface area contributed by atoms with Crippen LogP contribution in [-0.2, 0) is 0 Å². The quantitative estimate of drug-likeness (QED) is 0.436. The standard InChI is InChI=1S/C3H4BN2.CNS.2CH3.Sn/c4-6-3-1-2-5-6;2-1-3;;;/h1-4H;;2*1H3;/q;-1;;;+1. The SMILES string of the molecule is [BH]n1cccn1.[CH3][Sn]([CH3])[N]=C=S. The summed E-state index contributed by atoms with van der Waals surface area (Å²) in [7, 11) is 3.49. The van der Waals surface area contributed by atoms with E-state index >= 15 is 0 Å². The number of nitrogens with zero attached hydrogens (tertiary/aromatic N) is 3. The molecule has 0 amide bonds. The van der Waals surface area contributed by atoms with Gasteiger partial charge in [0.15, 0.2) is 0 Å². The van der Waals surface area contributed by atoms with Gasteiger partial charge in [0.2, 0.25) is 0 Å². The molecule has 0 bridgehead atoms. The molecule has 1 aromatic heterocycles. The Balaban J connectivity index is 0.000000202. The van der Waals surface area contributed by atoms with E-state index in [0.29, 0.717) is 0 Å². The van der Waals surface area contributed by atoms with Gasteiger partial charge in [0, 0.05) is 12.4 Å². The van der Waals surface area contributed by atoms with Crippen molar-refractivity contribution in [2.75, 3.05) is 0 Å². The van der Waals surface area contributed by atoms with Gasteiger partial charge in [-0.15, -0.1) is 0 Å². The van der Waals surface area contributed by atoms with Crippen LogP contribution in [0.15, 0.2) is 21.7 Å². The number of isothiocyanates is 1. The second-order valence-electron chi connectivity index (χ2n) is 2.20. The van der Waals surface area contributed by atoms with E-state index in [0.717, 1.165) is 0 Å². The topological polar surface area (TPSA) is 30.2 Å². The van der Waals surface area contributed by atoms with Crippen LogP contribution in [0.4, 0.5) is 0 Å². The summed E-state index contributed by atoms with van der Waals surface area (Å²) in [5.41, 5.74) is 0. The molecular weight excluding hydrogens is 276 g/mol. The number of thiocarbonyl (C=S) groups is 1. The molecule has 1 aromatic rings. The van der Waals surface area contributed by atoms with Crippen LogP contribution >= 0.6 is 12.2 Å². The van der Waals surface area contributed by atoms with Crippen LogP contribution in [0.1, 0.15) is 0 Å². The van der Waals surface area contributed by atoms with Gasteiger partial charge in [-0.1, -0.05) is 0 Å². The average molecular weight is 286 g/mol. The molecule has 0 aliphatic rings. The summed E-state index contributed by atoms with van der Waals surface area (Å²) in [6, 6.07) is 1.83. The number of rotatable bonds is 1. The third-order valence-electron chi connectivity index (χ3n) is 0.828. The minimum atomic E-state index is -1.21. The minimum absolute atomic E-state index is 1.21. The molecule has 0 fully saturated rings. The van der Waals surface area contributed by atoms with Crippen LogP contribution in [0, 0.1) is 0 Å².